The fraction of sp³-hybridized carbons (Fsp3) is 0.417. The molecule has 1 aliphatic rings. The van der Waals surface area contributed by atoms with Crippen LogP contribution >= 0.6 is 39.5 Å². The minimum atomic E-state index is -0.290. The van der Waals surface area contributed by atoms with Gasteiger partial charge in [0.2, 0.25) is 0 Å². The Morgan fingerprint density at radius 2 is 2.29 bits per heavy atom. The molecule has 1 saturated heterocycles. The first-order valence-corrected chi connectivity index (χ1v) is 8.32. The van der Waals surface area contributed by atoms with E-state index in [2.05, 4.69) is 15.9 Å². The molecule has 5 heteroatoms. The molecule has 1 aromatic carbocycles. The zero-order valence-electron chi connectivity index (χ0n) is 9.12. The van der Waals surface area contributed by atoms with Crippen LogP contribution in [0.25, 0.3) is 0 Å². The van der Waals surface area contributed by atoms with Gasteiger partial charge in [-0.1, -0.05) is 15.9 Å². The van der Waals surface area contributed by atoms with Crippen molar-refractivity contribution in [1.82, 2.24) is 0 Å². The van der Waals surface area contributed by atoms with Gasteiger partial charge in [0.05, 0.1) is 5.25 Å². The van der Waals surface area contributed by atoms with Crippen molar-refractivity contribution in [2.45, 2.75) is 11.7 Å². The second-order valence-electron chi connectivity index (χ2n) is 3.81. The molecule has 0 amide bonds. The predicted octanol–water partition coefficient (Wildman–Crippen LogP) is 3.55. The summed E-state index contributed by atoms with van der Waals surface area (Å²) >= 11 is 6.90. The van der Waals surface area contributed by atoms with E-state index in [-0.39, 0.29) is 16.9 Å². The summed E-state index contributed by atoms with van der Waals surface area (Å²) in [5, 5.41) is 0.0731. The van der Waals surface area contributed by atoms with Crippen LogP contribution in [0.15, 0.2) is 22.7 Å². The molecule has 0 aliphatic carbocycles. The molecule has 2 rings (SSSR count). The van der Waals surface area contributed by atoms with Crippen molar-refractivity contribution in [1.29, 1.82) is 0 Å². The molecule has 17 heavy (non-hydrogen) atoms. The first kappa shape index (κ1) is 13.4. The number of halogens is 2. The van der Waals surface area contributed by atoms with Crippen molar-refractivity contribution in [2.75, 3.05) is 17.3 Å². The molecule has 1 aromatic rings. The Labute approximate surface area is 117 Å². The zero-order chi connectivity index (χ0) is 12.3. The number of benzene rings is 1. The number of carbonyl (C=O) groups is 1. The molecule has 1 nitrogen and oxygen atoms in total. The molecule has 1 heterocycles. The number of carbonyl (C=O) groups excluding carboxylic acids is 1. The van der Waals surface area contributed by atoms with Gasteiger partial charge in [0.1, 0.15) is 5.82 Å². The second-order valence-corrected chi connectivity index (χ2v) is 7.13. The topological polar surface area (TPSA) is 17.1 Å². The number of thioether (sulfide) groups is 2. The molecule has 1 aliphatic heterocycles. The first-order valence-electron chi connectivity index (χ1n) is 5.33. The van der Waals surface area contributed by atoms with Crippen molar-refractivity contribution in [3.8, 4) is 0 Å². The van der Waals surface area contributed by atoms with Crippen LogP contribution < -0.4 is 0 Å². The van der Waals surface area contributed by atoms with Gasteiger partial charge in [0.15, 0.2) is 5.78 Å². The Morgan fingerprint density at radius 3 is 3.00 bits per heavy atom. The predicted molar refractivity (Wildman–Crippen MR) is 76.4 cm³/mol. The number of Topliss-reactive ketones (excluding diaryl/α,β-unsaturated/α-hetero) is 1. The highest BCUT2D eigenvalue weighted by Crippen LogP contribution is 2.27. The van der Waals surface area contributed by atoms with Crippen LogP contribution in [-0.4, -0.2) is 28.3 Å². The van der Waals surface area contributed by atoms with Gasteiger partial charge >= 0.3 is 0 Å². The quantitative estimate of drug-likeness (QED) is 0.841. The highest BCUT2D eigenvalue weighted by molar-refractivity contribution is 9.10. The third kappa shape index (κ3) is 3.73. The fourth-order valence-corrected chi connectivity index (χ4v) is 4.69. The molecule has 92 valence electrons. The Balaban J connectivity index is 2.04. The Kier molecular flexibility index (Phi) is 4.94. The number of rotatable bonds is 3. The van der Waals surface area contributed by atoms with E-state index < -0.39 is 0 Å². The molecular formula is C12H12BrFOS2. The Hall–Kier alpha value is -0.000000000000000222. The van der Waals surface area contributed by atoms with Crippen molar-refractivity contribution < 1.29 is 9.18 Å². The molecule has 0 N–H and O–H groups in total. The van der Waals surface area contributed by atoms with Crippen LogP contribution in [0.2, 0.25) is 0 Å². The standard InChI is InChI=1S/C12H12BrFOS2/c13-10-2-1-9(14)5-8(10)6-11(15)12-7-16-3-4-17-12/h1-2,5,12H,3-4,6-7H2. The van der Waals surface area contributed by atoms with Gasteiger partial charge in [-0.15, -0.1) is 11.8 Å². The third-order valence-corrected chi connectivity index (χ3v) is 6.12. The number of hydrogen-bond donors (Lipinski definition) is 0. The lowest BCUT2D eigenvalue weighted by molar-refractivity contribution is -0.117. The Bertz CT molecular complexity index is 419. The van der Waals surface area contributed by atoms with Gasteiger partial charge in [-0.25, -0.2) is 4.39 Å². The normalized spacial score (nSPS) is 20.2. The van der Waals surface area contributed by atoms with E-state index in [1.807, 2.05) is 11.8 Å². The maximum atomic E-state index is 13.1. The lowest BCUT2D eigenvalue weighted by Gasteiger charge is -2.19. The molecule has 0 radical (unpaired) electrons. The second kappa shape index (κ2) is 6.25. The van der Waals surface area contributed by atoms with E-state index in [1.54, 1.807) is 17.8 Å². The van der Waals surface area contributed by atoms with Gasteiger partial charge in [0.25, 0.3) is 0 Å². The molecule has 1 unspecified atom stereocenters. The van der Waals surface area contributed by atoms with Gasteiger partial charge in [0, 0.05) is 28.2 Å². The maximum absolute atomic E-state index is 13.1. The summed E-state index contributed by atoms with van der Waals surface area (Å²) in [5.41, 5.74) is 0.742. The van der Waals surface area contributed by atoms with E-state index in [0.29, 0.717) is 6.42 Å². The van der Waals surface area contributed by atoms with Crippen LogP contribution in [-0.2, 0) is 11.2 Å². The molecule has 1 atom stereocenters. The van der Waals surface area contributed by atoms with Crippen molar-refractivity contribution >= 4 is 45.2 Å². The molecule has 0 bridgehead atoms. The minimum Gasteiger partial charge on any atom is -0.298 e. The Morgan fingerprint density at radius 1 is 1.47 bits per heavy atom. The molecule has 1 fully saturated rings. The number of hydrogen-bond acceptors (Lipinski definition) is 3. The van der Waals surface area contributed by atoms with Crippen LogP contribution in [0, 0.1) is 5.82 Å². The first-order chi connectivity index (χ1) is 8.16. The van der Waals surface area contributed by atoms with E-state index >= 15 is 0 Å². The minimum absolute atomic E-state index is 0.0731. The van der Waals surface area contributed by atoms with Crippen LogP contribution in [0.3, 0.4) is 0 Å². The fourth-order valence-electron chi connectivity index (χ4n) is 1.65. The lowest BCUT2D eigenvalue weighted by Crippen LogP contribution is -2.25. The molecule has 0 spiro atoms. The van der Waals surface area contributed by atoms with Crippen molar-refractivity contribution in [2.24, 2.45) is 0 Å². The largest absolute Gasteiger partial charge is 0.298 e. The van der Waals surface area contributed by atoms with Gasteiger partial charge in [-0.3, -0.25) is 4.79 Å². The van der Waals surface area contributed by atoms with Gasteiger partial charge in [-0.05, 0) is 23.8 Å². The van der Waals surface area contributed by atoms with Crippen LogP contribution in [0.4, 0.5) is 4.39 Å². The summed E-state index contributed by atoms with van der Waals surface area (Å²) < 4.78 is 13.9. The van der Waals surface area contributed by atoms with Gasteiger partial charge in [-0.2, -0.15) is 11.8 Å². The summed E-state index contributed by atoms with van der Waals surface area (Å²) in [6, 6.07) is 4.48. The summed E-state index contributed by atoms with van der Waals surface area (Å²) in [7, 11) is 0. The number of ketones is 1. The van der Waals surface area contributed by atoms with Crippen molar-refractivity contribution in [3.63, 3.8) is 0 Å². The maximum Gasteiger partial charge on any atom is 0.151 e. The summed E-state index contributed by atoms with van der Waals surface area (Å²) in [5.74, 6) is 2.95. The molecular weight excluding hydrogens is 323 g/mol. The average molecular weight is 335 g/mol. The van der Waals surface area contributed by atoms with E-state index in [1.165, 1.54) is 12.1 Å². The highest BCUT2D eigenvalue weighted by Gasteiger charge is 2.22. The van der Waals surface area contributed by atoms with Crippen molar-refractivity contribution in [3.05, 3.63) is 34.1 Å². The third-order valence-electron chi connectivity index (χ3n) is 2.55. The van der Waals surface area contributed by atoms with E-state index in [9.17, 15) is 9.18 Å². The lowest BCUT2D eigenvalue weighted by atomic mass is 10.1. The van der Waals surface area contributed by atoms with Crippen LogP contribution in [0.5, 0.6) is 0 Å². The van der Waals surface area contributed by atoms with E-state index in [0.717, 1.165) is 27.3 Å². The smallest absolute Gasteiger partial charge is 0.151 e. The summed E-state index contributed by atoms with van der Waals surface area (Å²) in [6.07, 6.45) is 0.316. The highest BCUT2D eigenvalue weighted by atomic mass is 79.9. The van der Waals surface area contributed by atoms with Gasteiger partial charge < -0.3 is 0 Å². The monoisotopic (exact) mass is 334 g/mol. The molecule has 0 aromatic heterocycles. The average Bonchev–Trinajstić information content (AvgIpc) is 2.35. The molecule has 0 saturated carbocycles. The summed E-state index contributed by atoms with van der Waals surface area (Å²) in [4.78, 5) is 12.1. The van der Waals surface area contributed by atoms with E-state index in [4.69, 9.17) is 0 Å². The van der Waals surface area contributed by atoms with Crippen LogP contribution in [0.1, 0.15) is 5.56 Å². The SMILES string of the molecule is O=C(Cc1cc(F)ccc1Br)C1CSCCS1. The zero-order valence-corrected chi connectivity index (χ0v) is 12.3. The summed E-state index contributed by atoms with van der Waals surface area (Å²) in [6.45, 7) is 0.